The summed E-state index contributed by atoms with van der Waals surface area (Å²) in [4.78, 5) is 0. The van der Waals surface area contributed by atoms with Crippen LogP contribution in [-0.2, 0) is 0 Å². The predicted molar refractivity (Wildman–Crippen MR) is 62.8 cm³/mol. The molecule has 0 aliphatic rings. The Labute approximate surface area is 94.2 Å². The van der Waals surface area contributed by atoms with Crippen LogP contribution in [0.25, 0.3) is 10.6 Å². The van der Waals surface area contributed by atoms with Crippen LogP contribution in [0.15, 0.2) is 24.3 Å². The summed E-state index contributed by atoms with van der Waals surface area (Å²) < 4.78 is 1.24. The van der Waals surface area contributed by atoms with Gasteiger partial charge in [0, 0.05) is 9.13 Å². The van der Waals surface area contributed by atoms with Crippen LogP contribution in [0, 0.1) is 10.5 Å². The number of aromatic nitrogens is 2. The highest BCUT2D eigenvalue weighted by Crippen LogP contribution is 2.23. The third-order valence-electron chi connectivity index (χ3n) is 1.62. The summed E-state index contributed by atoms with van der Waals surface area (Å²) in [5.74, 6) is 0. The van der Waals surface area contributed by atoms with E-state index in [0.29, 0.717) is 0 Å². The first kappa shape index (κ1) is 9.08. The first-order valence-corrected chi connectivity index (χ1v) is 5.71. The van der Waals surface area contributed by atoms with Gasteiger partial charge in [0.25, 0.3) is 0 Å². The van der Waals surface area contributed by atoms with Gasteiger partial charge in [-0.15, -0.1) is 10.2 Å². The van der Waals surface area contributed by atoms with E-state index in [9.17, 15) is 0 Å². The fourth-order valence-corrected chi connectivity index (χ4v) is 2.06. The Morgan fingerprint density at radius 1 is 1.15 bits per heavy atom. The molecule has 0 saturated carbocycles. The Kier molecular flexibility index (Phi) is 2.59. The summed E-state index contributed by atoms with van der Waals surface area (Å²) in [6, 6.07) is 8.29. The SMILES string of the molecule is Cc1nnc(-c2ccc(I)cc2)s1. The molecular weight excluding hydrogens is 295 g/mol. The molecule has 0 saturated heterocycles. The van der Waals surface area contributed by atoms with E-state index in [4.69, 9.17) is 0 Å². The fraction of sp³-hybridized carbons (Fsp3) is 0.111. The Morgan fingerprint density at radius 2 is 1.85 bits per heavy atom. The zero-order valence-electron chi connectivity index (χ0n) is 6.99. The van der Waals surface area contributed by atoms with Crippen LogP contribution in [0.4, 0.5) is 0 Å². The molecular formula is C9H7IN2S. The van der Waals surface area contributed by atoms with Crippen molar-refractivity contribution in [3.05, 3.63) is 32.8 Å². The van der Waals surface area contributed by atoms with Crippen molar-refractivity contribution >= 4 is 33.9 Å². The van der Waals surface area contributed by atoms with Gasteiger partial charge in [0.15, 0.2) is 0 Å². The molecule has 1 heterocycles. The molecule has 2 rings (SSSR count). The summed E-state index contributed by atoms with van der Waals surface area (Å²) in [5, 5.41) is 10.1. The third kappa shape index (κ3) is 2.05. The van der Waals surface area contributed by atoms with Gasteiger partial charge < -0.3 is 0 Å². The molecule has 0 aliphatic heterocycles. The maximum Gasteiger partial charge on any atom is 0.147 e. The number of halogens is 1. The lowest BCUT2D eigenvalue weighted by molar-refractivity contribution is 1.05. The van der Waals surface area contributed by atoms with Crippen LogP contribution in [-0.4, -0.2) is 10.2 Å². The summed E-state index contributed by atoms with van der Waals surface area (Å²) >= 11 is 3.91. The number of aryl methyl sites for hydroxylation is 1. The van der Waals surface area contributed by atoms with Crippen molar-refractivity contribution in [3.8, 4) is 10.6 Å². The van der Waals surface area contributed by atoms with Crippen molar-refractivity contribution in [1.29, 1.82) is 0 Å². The van der Waals surface area contributed by atoms with Gasteiger partial charge in [-0.25, -0.2) is 0 Å². The lowest BCUT2D eigenvalue weighted by Gasteiger charge is -1.93. The maximum atomic E-state index is 4.08. The van der Waals surface area contributed by atoms with Gasteiger partial charge in [-0.05, 0) is 41.6 Å². The van der Waals surface area contributed by atoms with E-state index >= 15 is 0 Å². The predicted octanol–water partition coefficient (Wildman–Crippen LogP) is 3.12. The maximum absolute atomic E-state index is 4.08. The average Bonchev–Trinajstić information content (AvgIpc) is 2.53. The Balaban J connectivity index is 2.41. The van der Waals surface area contributed by atoms with Gasteiger partial charge in [-0.1, -0.05) is 23.5 Å². The zero-order valence-corrected chi connectivity index (χ0v) is 9.96. The van der Waals surface area contributed by atoms with Crippen molar-refractivity contribution in [2.75, 3.05) is 0 Å². The monoisotopic (exact) mass is 302 g/mol. The second-order valence-corrected chi connectivity index (χ2v) is 5.06. The highest BCUT2D eigenvalue weighted by atomic mass is 127. The van der Waals surface area contributed by atoms with E-state index in [1.807, 2.05) is 6.92 Å². The molecule has 0 fully saturated rings. The van der Waals surface area contributed by atoms with E-state index in [-0.39, 0.29) is 0 Å². The number of hydrogen-bond acceptors (Lipinski definition) is 3. The Morgan fingerprint density at radius 3 is 2.38 bits per heavy atom. The molecule has 0 spiro atoms. The number of hydrogen-bond donors (Lipinski definition) is 0. The lowest BCUT2D eigenvalue weighted by atomic mass is 10.2. The van der Waals surface area contributed by atoms with E-state index in [0.717, 1.165) is 15.6 Å². The zero-order chi connectivity index (χ0) is 9.26. The van der Waals surface area contributed by atoms with Crippen molar-refractivity contribution in [3.63, 3.8) is 0 Å². The molecule has 1 aromatic carbocycles. The number of rotatable bonds is 1. The first-order valence-electron chi connectivity index (χ1n) is 3.82. The highest BCUT2D eigenvalue weighted by Gasteiger charge is 2.02. The molecule has 0 amide bonds. The van der Waals surface area contributed by atoms with Gasteiger partial charge in [0.1, 0.15) is 10.0 Å². The standard InChI is InChI=1S/C9H7IN2S/c1-6-11-12-9(13-6)7-2-4-8(10)5-3-7/h2-5H,1H3. The first-order chi connectivity index (χ1) is 6.25. The molecule has 0 unspecified atom stereocenters. The molecule has 0 atom stereocenters. The fourth-order valence-electron chi connectivity index (χ4n) is 1.01. The van der Waals surface area contributed by atoms with Gasteiger partial charge in [-0.3, -0.25) is 0 Å². The molecule has 4 heteroatoms. The molecule has 1 aromatic heterocycles. The van der Waals surface area contributed by atoms with Crippen LogP contribution in [0.2, 0.25) is 0 Å². The van der Waals surface area contributed by atoms with Gasteiger partial charge in [-0.2, -0.15) is 0 Å². The van der Waals surface area contributed by atoms with Crippen molar-refractivity contribution in [1.82, 2.24) is 10.2 Å². The second-order valence-electron chi connectivity index (χ2n) is 2.63. The molecule has 2 nitrogen and oxygen atoms in total. The minimum Gasteiger partial charge on any atom is -0.143 e. The minimum atomic E-state index is 0.994. The summed E-state index contributed by atoms with van der Waals surface area (Å²) in [6.45, 7) is 1.97. The minimum absolute atomic E-state index is 0.994. The number of benzene rings is 1. The van der Waals surface area contributed by atoms with Crippen LogP contribution in [0.5, 0.6) is 0 Å². The molecule has 0 radical (unpaired) electrons. The molecule has 2 aromatic rings. The largest absolute Gasteiger partial charge is 0.147 e. The number of nitrogens with zero attached hydrogens (tertiary/aromatic N) is 2. The third-order valence-corrected chi connectivity index (χ3v) is 3.22. The van der Waals surface area contributed by atoms with Crippen molar-refractivity contribution in [2.24, 2.45) is 0 Å². The molecule has 0 bridgehead atoms. The van der Waals surface area contributed by atoms with Crippen molar-refractivity contribution < 1.29 is 0 Å². The molecule has 13 heavy (non-hydrogen) atoms. The van der Waals surface area contributed by atoms with Crippen LogP contribution in [0.3, 0.4) is 0 Å². The topological polar surface area (TPSA) is 25.8 Å². The van der Waals surface area contributed by atoms with Crippen LogP contribution in [0.1, 0.15) is 5.01 Å². The molecule has 66 valence electrons. The Hall–Kier alpha value is -0.490. The van der Waals surface area contributed by atoms with E-state index in [1.165, 1.54) is 3.57 Å². The summed E-state index contributed by atoms with van der Waals surface area (Å²) in [7, 11) is 0. The Bertz CT molecular complexity index is 408. The normalized spacial score (nSPS) is 10.3. The van der Waals surface area contributed by atoms with E-state index < -0.39 is 0 Å². The summed E-state index contributed by atoms with van der Waals surface area (Å²) in [6.07, 6.45) is 0. The van der Waals surface area contributed by atoms with Crippen LogP contribution >= 0.6 is 33.9 Å². The van der Waals surface area contributed by atoms with Gasteiger partial charge >= 0.3 is 0 Å². The van der Waals surface area contributed by atoms with E-state index in [1.54, 1.807) is 11.3 Å². The molecule has 0 N–H and O–H groups in total. The summed E-state index contributed by atoms with van der Waals surface area (Å²) in [5.41, 5.74) is 1.14. The van der Waals surface area contributed by atoms with Gasteiger partial charge in [0.05, 0.1) is 0 Å². The van der Waals surface area contributed by atoms with Gasteiger partial charge in [0.2, 0.25) is 0 Å². The second kappa shape index (κ2) is 3.71. The average molecular weight is 302 g/mol. The van der Waals surface area contributed by atoms with E-state index in [2.05, 4.69) is 57.1 Å². The lowest BCUT2D eigenvalue weighted by Crippen LogP contribution is -1.76. The molecule has 0 aliphatic carbocycles. The van der Waals surface area contributed by atoms with Crippen molar-refractivity contribution in [2.45, 2.75) is 6.92 Å². The quantitative estimate of drug-likeness (QED) is 0.756. The van der Waals surface area contributed by atoms with Crippen LogP contribution < -0.4 is 0 Å². The smallest absolute Gasteiger partial charge is 0.143 e. The highest BCUT2D eigenvalue weighted by molar-refractivity contribution is 14.1.